The van der Waals surface area contributed by atoms with Crippen LogP contribution in [0, 0.1) is 22.7 Å². The molecule has 1 N–H and O–H groups in total. The molecule has 14 nitrogen and oxygen atoms in total. The predicted octanol–water partition coefficient (Wildman–Crippen LogP) is 6.75. The molecule has 1 aromatic carbocycles. The number of hydrogen-bond donors (Lipinski definition) is 1. The Balaban J connectivity index is 1.06. The summed E-state index contributed by atoms with van der Waals surface area (Å²) in [5.41, 5.74) is 8.75. The van der Waals surface area contributed by atoms with Gasteiger partial charge in [-0.2, -0.15) is 0 Å². The highest BCUT2D eigenvalue weighted by Gasteiger charge is 2.77. The molecule has 6 fully saturated rings. The minimum absolute atomic E-state index is 0.0151. The number of cyclic esters (lactones) is 1. The number of benzene rings is 1. The number of morpholine rings is 1. The number of hydrogen-bond acceptors (Lipinski definition) is 11. The number of Topliss-reactive ketones (excluding diaryl/α,β-unsaturated/α-hetero) is 1. The molecule has 1 saturated carbocycles. The first kappa shape index (κ1) is 44.4. The van der Waals surface area contributed by atoms with E-state index in [2.05, 4.69) is 60.4 Å². The molecule has 3 amide bonds. The smallest absolute Gasteiger partial charge is 0.324 e. The molecule has 9 heterocycles. The lowest BCUT2D eigenvalue weighted by molar-refractivity contribution is -0.173. The van der Waals surface area contributed by atoms with Gasteiger partial charge in [0.25, 0.3) is 0 Å². The van der Waals surface area contributed by atoms with Gasteiger partial charge in [-0.15, -0.1) is 11.3 Å². The summed E-state index contributed by atoms with van der Waals surface area (Å²) in [6.45, 7) is 14.7. The Hall–Kier alpha value is -4.48. The van der Waals surface area contributed by atoms with Crippen molar-refractivity contribution in [2.75, 3.05) is 40.4 Å². The first-order valence-corrected chi connectivity index (χ1v) is 25.5. The Bertz CT molecular complexity index is 2540. The minimum Gasteiger partial charge on any atom is -0.464 e. The number of thiazole rings is 1. The zero-order chi connectivity index (χ0) is 45.7. The number of hydrazine groups is 1. The summed E-state index contributed by atoms with van der Waals surface area (Å²) in [5, 5.41) is 5.56. The lowest BCUT2D eigenvalue weighted by atomic mass is 9.55. The van der Waals surface area contributed by atoms with Gasteiger partial charge in [0, 0.05) is 108 Å². The second-order valence-electron chi connectivity index (χ2n) is 20.3. The number of ether oxygens (including phenoxy) is 3. The van der Waals surface area contributed by atoms with Gasteiger partial charge in [-0.25, -0.2) is 15.2 Å². The fraction of sp³-hybridized carbons (Fsp3) is 0.592. The number of nitrogens with one attached hydrogen (secondary N) is 1. The highest BCUT2D eigenvalue weighted by molar-refractivity contribution is 7.10. The molecule has 3 aromatic heterocycles. The molecular formula is C49H61N7O7SSi. The van der Waals surface area contributed by atoms with Crippen molar-refractivity contribution in [3.05, 3.63) is 58.2 Å². The highest BCUT2D eigenvalue weighted by Crippen LogP contribution is 2.77. The first-order chi connectivity index (χ1) is 31.1. The van der Waals surface area contributed by atoms with E-state index in [-0.39, 0.29) is 59.6 Å². The normalized spacial score (nSPS) is 29.1. The van der Waals surface area contributed by atoms with Crippen LogP contribution < -0.4 is 5.43 Å². The van der Waals surface area contributed by atoms with E-state index in [1.807, 2.05) is 37.9 Å². The van der Waals surface area contributed by atoms with Gasteiger partial charge in [-0.05, 0) is 79.9 Å². The monoisotopic (exact) mass is 919 g/mol. The summed E-state index contributed by atoms with van der Waals surface area (Å²) in [6, 6.07) is 9.00. The van der Waals surface area contributed by atoms with Crippen LogP contribution in [0.25, 0.3) is 33.4 Å². The third kappa shape index (κ3) is 7.45. The van der Waals surface area contributed by atoms with Gasteiger partial charge >= 0.3 is 12.0 Å². The number of amides is 3. The number of aryl methyl sites for hydroxylation is 1. The Labute approximate surface area is 387 Å². The number of rotatable bonds is 8. The van der Waals surface area contributed by atoms with E-state index in [1.165, 1.54) is 11.3 Å². The Morgan fingerprint density at radius 1 is 1.12 bits per heavy atom. The molecule has 5 saturated heterocycles. The molecule has 6 aliphatic heterocycles. The second-order valence-corrected chi connectivity index (χ2v) is 22.9. The van der Waals surface area contributed by atoms with E-state index in [9.17, 15) is 9.59 Å². The highest BCUT2D eigenvalue weighted by atomic mass is 32.1. The van der Waals surface area contributed by atoms with E-state index < -0.39 is 34.8 Å². The topological polar surface area (TPSA) is 148 Å². The summed E-state index contributed by atoms with van der Waals surface area (Å²) < 4.78 is 20.2. The average Bonchev–Trinajstić information content (AvgIpc) is 3.69. The fourth-order valence-corrected chi connectivity index (χ4v) is 14.8. The minimum atomic E-state index is -1.08. The van der Waals surface area contributed by atoms with Crippen molar-refractivity contribution >= 4 is 55.5 Å². The molecule has 1 spiro atoms. The standard InChI is InChI=1S/C49H61N7O7SSi/c1-9-55-36-15-14-28-18-32(36)33(41(55)31-12-10-16-50-39(31)27(4)61-8)20-48(5,6)25-62-45(58)34-13-11-17-56(52-34)46(59)49(21-37-51-35(28)24-64-37)38(43-44(49)65-43)42(57)40(26(2)3)53(7)47(60)54-22-29-19-30(23-54)63-29/h10,12,14-16,18,24,26-27,29-30,34,38,40,43-44,52H,9,11,13,17,19-23,25H2,1-8H3/t27-,29?,30?,34-,38?,40-,43?,44?,49?/m0/s1. The van der Waals surface area contributed by atoms with E-state index >= 15 is 9.59 Å². The number of esters is 1. The number of nitrogens with zero attached hydrogens (tertiary/aromatic N) is 6. The molecule has 344 valence electrons. The fourth-order valence-electron chi connectivity index (χ4n) is 11.8. The van der Waals surface area contributed by atoms with Gasteiger partial charge in [0.1, 0.15) is 6.04 Å². The maximum atomic E-state index is 15.4. The van der Waals surface area contributed by atoms with Gasteiger partial charge < -0.3 is 28.6 Å². The number of methoxy groups -OCH3 is 1. The van der Waals surface area contributed by atoms with E-state index in [1.54, 1.807) is 24.1 Å². The summed E-state index contributed by atoms with van der Waals surface area (Å²) in [4.78, 5) is 72.5. The van der Waals surface area contributed by atoms with Crippen LogP contribution >= 0.6 is 11.3 Å². The van der Waals surface area contributed by atoms with Crippen molar-refractivity contribution in [1.29, 1.82) is 0 Å². The Kier molecular flexibility index (Phi) is 11.4. The largest absolute Gasteiger partial charge is 0.464 e. The number of pyridine rings is 1. The van der Waals surface area contributed by atoms with Gasteiger partial charge in [0.2, 0.25) is 5.91 Å². The maximum Gasteiger partial charge on any atom is 0.324 e. The quantitative estimate of drug-likeness (QED) is 0.149. The predicted molar refractivity (Wildman–Crippen MR) is 248 cm³/mol. The molecule has 4 aromatic rings. The molecule has 16 heteroatoms. The molecule has 8 bridgehead atoms. The van der Waals surface area contributed by atoms with Crippen molar-refractivity contribution in [2.45, 2.75) is 122 Å². The molecule has 1 aliphatic carbocycles. The van der Waals surface area contributed by atoms with Gasteiger partial charge in [0.05, 0.1) is 58.5 Å². The third-order valence-electron chi connectivity index (χ3n) is 15.1. The summed E-state index contributed by atoms with van der Waals surface area (Å²) in [7, 11) is 3.88. The third-order valence-corrected chi connectivity index (χ3v) is 17.8. The SMILES string of the molecule is CCn1c(-c2cccnc2[C@H](C)OC)c2c3cc(ccc31)-c1csc(n1)CC1(C(=O)N3CCC[C@H](N3)C(=O)OCC(C)(C)C2)C2[Si]C2C1C(=O)[C@H](C(C)C)N(C)C(=O)N1CC2CC(C1)O2. The van der Waals surface area contributed by atoms with Crippen LogP contribution in [0.4, 0.5) is 4.79 Å². The molecule has 6 unspecified atom stereocenters. The number of ketones is 1. The number of piperidine rings is 1. The Morgan fingerprint density at radius 3 is 2.62 bits per heavy atom. The average molecular weight is 920 g/mol. The van der Waals surface area contributed by atoms with E-state index in [0.29, 0.717) is 54.8 Å². The number of carbonyl (C=O) groups is 4. The van der Waals surface area contributed by atoms with Crippen LogP contribution in [0.2, 0.25) is 11.1 Å². The van der Waals surface area contributed by atoms with Gasteiger partial charge in [0.15, 0.2) is 5.78 Å². The van der Waals surface area contributed by atoms with Crippen LogP contribution in [-0.2, 0) is 48.0 Å². The maximum absolute atomic E-state index is 15.4. The Morgan fingerprint density at radius 2 is 1.89 bits per heavy atom. The zero-order valence-electron chi connectivity index (χ0n) is 38.8. The molecule has 11 rings (SSSR count). The lowest BCUT2D eigenvalue weighted by Crippen LogP contribution is -2.66. The van der Waals surface area contributed by atoms with Crippen LogP contribution in [0.15, 0.2) is 41.9 Å². The van der Waals surface area contributed by atoms with Crippen molar-refractivity contribution in [3.63, 3.8) is 0 Å². The number of carbonyl (C=O) groups excluding carboxylic acids is 4. The molecule has 7 aliphatic rings. The van der Waals surface area contributed by atoms with Crippen LogP contribution in [-0.4, -0.2) is 127 Å². The van der Waals surface area contributed by atoms with Gasteiger partial charge in [-0.1, -0.05) is 33.8 Å². The van der Waals surface area contributed by atoms with Crippen LogP contribution in [0.3, 0.4) is 0 Å². The number of aromatic nitrogens is 3. The van der Waals surface area contributed by atoms with Crippen LogP contribution in [0.5, 0.6) is 0 Å². The summed E-state index contributed by atoms with van der Waals surface area (Å²) in [6.07, 6.45) is 4.65. The number of likely N-dealkylation sites (N-methyl/N-ethyl adjacent to an activating group) is 1. The molecule has 65 heavy (non-hydrogen) atoms. The van der Waals surface area contributed by atoms with Crippen LogP contribution in [0.1, 0.15) is 83.2 Å². The summed E-state index contributed by atoms with van der Waals surface area (Å²) >= 11 is 1.53. The molecular weight excluding hydrogens is 859 g/mol. The van der Waals surface area contributed by atoms with Crippen molar-refractivity contribution < 1.29 is 33.4 Å². The van der Waals surface area contributed by atoms with E-state index in [0.717, 1.165) is 62.6 Å². The zero-order valence-corrected chi connectivity index (χ0v) is 40.6. The van der Waals surface area contributed by atoms with Gasteiger partial charge in [-0.3, -0.25) is 24.4 Å². The lowest BCUT2D eigenvalue weighted by Gasteiger charge is -2.52. The number of urea groups is 1. The first-order valence-electron chi connectivity index (χ1n) is 23.4. The van der Waals surface area contributed by atoms with Crippen molar-refractivity contribution in [2.24, 2.45) is 22.7 Å². The summed E-state index contributed by atoms with van der Waals surface area (Å²) in [5.74, 6) is -1.41. The van der Waals surface area contributed by atoms with Crippen molar-refractivity contribution in [1.82, 2.24) is 34.8 Å². The molecule has 2 radical (unpaired) electrons. The van der Waals surface area contributed by atoms with Crippen molar-refractivity contribution in [3.8, 4) is 22.5 Å². The second kappa shape index (κ2) is 16.7. The molecule has 9 atom stereocenters. The van der Waals surface area contributed by atoms with E-state index in [4.69, 9.17) is 24.2 Å². The number of fused-ring (bicyclic) bond motifs is 10.